The summed E-state index contributed by atoms with van der Waals surface area (Å²) in [5.41, 5.74) is 4.79. The van der Waals surface area contributed by atoms with E-state index in [4.69, 9.17) is 4.74 Å². The normalized spacial score (nSPS) is 17.3. The zero-order chi connectivity index (χ0) is 10.3. The number of methoxy groups -OCH3 is 1. The van der Waals surface area contributed by atoms with E-state index in [9.17, 15) is 0 Å². The SMILES string of the molecule is COC1=C2CC(=CC=N2)c2ccccc21. The van der Waals surface area contributed by atoms with Gasteiger partial charge in [-0.25, -0.2) is 0 Å². The number of hydrogen-bond donors (Lipinski definition) is 0. The number of hydrogen-bond acceptors (Lipinski definition) is 2. The van der Waals surface area contributed by atoms with Crippen molar-refractivity contribution in [1.82, 2.24) is 0 Å². The van der Waals surface area contributed by atoms with E-state index >= 15 is 0 Å². The lowest BCUT2D eigenvalue weighted by Crippen LogP contribution is -2.07. The Labute approximate surface area is 88.6 Å². The van der Waals surface area contributed by atoms with Gasteiger partial charge in [-0.15, -0.1) is 0 Å². The van der Waals surface area contributed by atoms with Gasteiger partial charge in [0.05, 0.1) is 12.8 Å². The molecule has 0 spiro atoms. The van der Waals surface area contributed by atoms with Gasteiger partial charge >= 0.3 is 0 Å². The summed E-state index contributed by atoms with van der Waals surface area (Å²) < 4.78 is 5.44. The van der Waals surface area contributed by atoms with E-state index < -0.39 is 0 Å². The van der Waals surface area contributed by atoms with Crippen LogP contribution in [0.3, 0.4) is 0 Å². The van der Waals surface area contributed by atoms with Gasteiger partial charge in [0, 0.05) is 18.2 Å². The predicted octanol–water partition coefficient (Wildman–Crippen LogP) is 2.87. The summed E-state index contributed by atoms with van der Waals surface area (Å²) in [6, 6.07) is 8.31. The molecule has 0 atom stereocenters. The van der Waals surface area contributed by atoms with Crippen LogP contribution >= 0.6 is 0 Å². The second kappa shape index (κ2) is 3.09. The van der Waals surface area contributed by atoms with Gasteiger partial charge in [-0.05, 0) is 17.2 Å². The van der Waals surface area contributed by atoms with Crippen molar-refractivity contribution in [3.05, 3.63) is 47.2 Å². The molecular formula is C13H11NO. The molecule has 0 fully saturated rings. The molecule has 74 valence electrons. The highest BCUT2D eigenvalue weighted by atomic mass is 16.5. The van der Waals surface area contributed by atoms with Crippen molar-refractivity contribution < 1.29 is 4.74 Å². The van der Waals surface area contributed by atoms with Crippen LogP contribution in [0.15, 0.2) is 41.0 Å². The highest BCUT2D eigenvalue weighted by Gasteiger charge is 2.23. The Morgan fingerprint density at radius 3 is 2.80 bits per heavy atom. The molecule has 0 amide bonds. The van der Waals surface area contributed by atoms with Gasteiger partial charge < -0.3 is 4.74 Å². The smallest absolute Gasteiger partial charge is 0.148 e. The molecule has 0 saturated heterocycles. The summed E-state index contributed by atoms with van der Waals surface area (Å²) in [6.45, 7) is 0. The maximum atomic E-state index is 5.44. The van der Waals surface area contributed by atoms with Gasteiger partial charge in [0.25, 0.3) is 0 Å². The lowest BCUT2D eigenvalue weighted by molar-refractivity contribution is 0.365. The molecular weight excluding hydrogens is 186 g/mol. The zero-order valence-corrected chi connectivity index (χ0v) is 8.53. The van der Waals surface area contributed by atoms with Crippen LogP contribution in [0.1, 0.15) is 17.5 Å². The van der Waals surface area contributed by atoms with E-state index in [1.54, 1.807) is 7.11 Å². The van der Waals surface area contributed by atoms with E-state index in [1.165, 1.54) is 11.1 Å². The van der Waals surface area contributed by atoms with E-state index in [0.29, 0.717) is 0 Å². The van der Waals surface area contributed by atoms with Crippen LogP contribution in [0, 0.1) is 0 Å². The largest absolute Gasteiger partial charge is 0.494 e. The molecule has 1 heterocycles. The molecule has 0 N–H and O–H groups in total. The molecule has 0 unspecified atom stereocenters. The van der Waals surface area contributed by atoms with Crippen LogP contribution in [-0.4, -0.2) is 13.3 Å². The third-order valence-corrected chi connectivity index (χ3v) is 2.85. The molecule has 0 aromatic heterocycles. The summed E-state index contributed by atoms with van der Waals surface area (Å²) in [6.07, 6.45) is 4.81. The Balaban J connectivity index is 2.32. The molecule has 0 radical (unpaired) electrons. The first-order valence-electron chi connectivity index (χ1n) is 5.00. The minimum atomic E-state index is 0.886. The van der Waals surface area contributed by atoms with E-state index in [-0.39, 0.29) is 0 Å². The van der Waals surface area contributed by atoms with Crippen LogP contribution in [0.25, 0.3) is 11.3 Å². The molecule has 2 nitrogen and oxygen atoms in total. The fraction of sp³-hybridized carbons (Fsp3) is 0.154. The summed E-state index contributed by atoms with van der Waals surface area (Å²) in [4.78, 5) is 4.35. The van der Waals surface area contributed by atoms with Crippen LogP contribution < -0.4 is 0 Å². The first-order valence-corrected chi connectivity index (χ1v) is 5.00. The molecule has 1 aromatic rings. The number of ether oxygens (including phenoxy) is 1. The summed E-state index contributed by atoms with van der Waals surface area (Å²) in [7, 11) is 1.71. The molecule has 15 heavy (non-hydrogen) atoms. The molecule has 2 heteroatoms. The first-order chi connectivity index (χ1) is 7.40. The molecule has 3 rings (SSSR count). The third kappa shape index (κ3) is 1.14. The van der Waals surface area contributed by atoms with Gasteiger partial charge in [0.2, 0.25) is 0 Å². The zero-order valence-electron chi connectivity index (χ0n) is 8.53. The fourth-order valence-corrected chi connectivity index (χ4v) is 2.17. The Morgan fingerprint density at radius 1 is 1.20 bits per heavy atom. The third-order valence-electron chi connectivity index (χ3n) is 2.85. The number of rotatable bonds is 1. The molecule has 1 aliphatic carbocycles. The van der Waals surface area contributed by atoms with Gasteiger partial charge in [0.15, 0.2) is 0 Å². The molecule has 2 bridgehead atoms. The predicted molar refractivity (Wildman–Crippen MR) is 61.5 cm³/mol. The summed E-state index contributed by atoms with van der Waals surface area (Å²) in [5, 5.41) is 0. The Morgan fingerprint density at radius 2 is 2.00 bits per heavy atom. The average molecular weight is 197 g/mol. The quantitative estimate of drug-likeness (QED) is 0.678. The standard InChI is InChI=1S/C13H11NO/c1-15-13-11-5-3-2-4-10(11)9-6-7-14-12(13)8-9/h2-7H,8H2,1H3. The number of dihydropyridines is 1. The van der Waals surface area contributed by atoms with Crippen LogP contribution in [0.4, 0.5) is 0 Å². The van der Waals surface area contributed by atoms with Gasteiger partial charge in [-0.3, -0.25) is 4.99 Å². The lowest BCUT2D eigenvalue weighted by Gasteiger charge is -2.24. The highest BCUT2D eigenvalue weighted by Crippen LogP contribution is 2.39. The van der Waals surface area contributed by atoms with E-state index in [1.807, 2.05) is 12.3 Å². The number of nitrogens with zero attached hydrogens (tertiary/aromatic N) is 1. The van der Waals surface area contributed by atoms with E-state index in [2.05, 4.69) is 29.3 Å². The lowest BCUT2D eigenvalue weighted by atomic mass is 9.88. The fourth-order valence-electron chi connectivity index (χ4n) is 2.17. The average Bonchev–Trinajstić information content (AvgIpc) is 2.30. The van der Waals surface area contributed by atoms with Gasteiger partial charge in [-0.1, -0.05) is 24.3 Å². The van der Waals surface area contributed by atoms with Crippen molar-refractivity contribution in [1.29, 1.82) is 0 Å². The Kier molecular flexibility index (Phi) is 1.75. The topological polar surface area (TPSA) is 21.6 Å². The van der Waals surface area contributed by atoms with Crippen LogP contribution in [0.5, 0.6) is 0 Å². The van der Waals surface area contributed by atoms with Crippen LogP contribution in [-0.2, 0) is 4.74 Å². The van der Waals surface area contributed by atoms with Gasteiger partial charge in [0.1, 0.15) is 5.76 Å². The Bertz CT molecular complexity index is 509. The second-order valence-corrected chi connectivity index (χ2v) is 3.67. The molecule has 0 saturated carbocycles. The highest BCUT2D eigenvalue weighted by molar-refractivity contribution is 5.95. The maximum absolute atomic E-state index is 5.44. The van der Waals surface area contributed by atoms with Gasteiger partial charge in [-0.2, -0.15) is 0 Å². The maximum Gasteiger partial charge on any atom is 0.148 e. The number of aliphatic imine (C=N–C) groups is 1. The Hall–Kier alpha value is -1.83. The van der Waals surface area contributed by atoms with Crippen molar-refractivity contribution in [2.45, 2.75) is 6.42 Å². The molecule has 1 aliphatic heterocycles. The van der Waals surface area contributed by atoms with Crippen LogP contribution in [0.2, 0.25) is 0 Å². The molecule has 1 aromatic carbocycles. The minimum absolute atomic E-state index is 0.886. The molecule has 2 aliphatic rings. The van der Waals surface area contributed by atoms with Crippen molar-refractivity contribution in [2.75, 3.05) is 7.11 Å². The number of fused-ring (bicyclic) bond motifs is 4. The number of allylic oxidation sites excluding steroid dienone is 2. The van der Waals surface area contributed by atoms with Crippen molar-refractivity contribution in [2.24, 2.45) is 4.99 Å². The van der Waals surface area contributed by atoms with Crippen molar-refractivity contribution in [3.8, 4) is 0 Å². The second-order valence-electron chi connectivity index (χ2n) is 3.67. The van der Waals surface area contributed by atoms with E-state index in [0.717, 1.165) is 23.4 Å². The first kappa shape index (κ1) is 8.48. The van der Waals surface area contributed by atoms with Crippen molar-refractivity contribution >= 4 is 17.5 Å². The summed E-state index contributed by atoms with van der Waals surface area (Å²) in [5.74, 6) is 0.915. The van der Waals surface area contributed by atoms with Crippen molar-refractivity contribution in [3.63, 3.8) is 0 Å². The number of benzene rings is 1. The minimum Gasteiger partial charge on any atom is -0.494 e. The monoisotopic (exact) mass is 197 g/mol. The summed E-state index contributed by atoms with van der Waals surface area (Å²) >= 11 is 0.